The maximum absolute atomic E-state index is 13.0. The van der Waals surface area contributed by atoms with Gasteiger partial charge in [-0.05, 0) is 48.8 Å². The SMILES string of the molecule is CSCC[C@@H](C(=O)Nc1cc(C(=O)O)ccc1Cl)N1C(=O)c2ccccc2C1=O. The molecule has 2 aromatic carbocycles. The van der Waals surface area contributed by atoms with Crippen LogP contribution in [0.2, 0.25) is 5.02 Å². The van der Waals surface area contributed by atoms with Crippen molar-refractivity contribution < 1.29 is 24.3 Å². The van der Waals surface area contributed by atoms with Crippen molar-refractivity contribution in [2.75, 3.05) is 17.3 Å². The second-order valence-electron chi connectivity index (χ2n) is 6.31. The summed E-state index contributed by atoms with van der Waals surface area (Å²) in [7, 11) is 0. The zero-order valence-electron chi connectivity index (χ0n) is 15.3. The van der Waals surface area contributed by atoms with Gasteiger partial charge in [0.25, 0.3) is 11.8 Å². The molecule has 0 fully saturated rings. The molecule has 7 nitrogen and oxygen atoms in total. The summed E-state index contributed by atoms with van der Waals surface area (Å²) >= 11 is 7.56. The number of hydrogen-bond acceptors (Lipinski definition) is 5. The number of carboxylic acids is 1. The molecule has 2 N–H and O–H groups in total. The summed E-state index contributed by atoms with van der Waals surface area (Å²) in [5.41, 5.74) is 0.559. The summed E-state index contributed by atoms with van der Waals surface area (Å²) in [5, 5.41) is 11.9. The molecule has 0 saturated heterocycles. The average molecular weight is 433 g/mol. The number of halogens is 1. The minimum absolute atomic E-state index is 0.0499. The van der Waals surface area contributed by atoms with E-state index in [1.165, 1.54) is 30.0 Å². The number of nitrogens with zero attached hydrogens (tertiary/aromatic N) is 1. The molecule has 2 aromatic rings. The molecule has 0 aliphatic carbocycles. The van der Waals surface area contributed by atoms with Crippen LogP contribution in [-0.2, 0) is 4.79 Å². The molecule has 1 heterocycles. The predicted molar refractivity (Wildman–Crippen MR) is 111 cm³/mol. The molecule has 1 atom stereocenters. The number of aromatic carboxylic acids is 1. The Morgan fingerprint density at radius 2 is 1.76 bits per heavy atom. The second-order valence-corrected chi connectivity index (χ2v) is 7.70. The Kier molecular flexibility index (Phi) is 6.24. The van der Waals surface area contributed by atoms with Crippen LogP contribution in [-0.4, -0.2) is 51.7 Å². The zero-order valence-corrected chi connectivity index (χ0v) is 16.9. The number of imide groups is 1. The maximum atomic E-state index is 13.0. The van der Waals surface area contributed by atoms with Crippen molar-refractivity contribution in [3.05, 3.63) is 64.2 Å². The van der Waals surface area contributed by atoms with Crippen molar-refractivity contribution >= 4 is 52.7 Å². The molecule has 0 bridgehead atoms. The molecule has 9 heteroatoms. The molecule has 3 amide bonds. The molecule has 0 radical (unpaired) electrons. The molecule has 3 rings (SSSR count). The van der Waals surface area contributed by atoms with E-state index in [1.807, 2.05) is 6.26 Å². The highest BCUT2D eigenvalue weighted by molar-refractivity contribution is 7.98. The van der Waals surface area contributed by atoms with Gasteiger partial charge in [0, 0.05) is 0 Å². The largest absolute Gasteiger partial charge is 0.478 e. The van der Waals surface area contributed by atoms with Crippen LogP contribution in [0.4, 0.5) is 5.69 Å². The Morgan fingerprint density at radius 1 is 1.14 bits per heavy atom. The van der Waals surface area contributed by atoms with Gasteiger partial charge < -0.3 is 10.4 Å². The van der Waals surface area contributed by atoms with Crippen LogP contribution >= 0.6 is 23.4 Å². The van der Waals surface area contributed by atoms with E-state index in [2.05, 4.69) is 5.32 Å². The maximum Gasteiger partial charge on any atom is 0.335 e. The number of amides is 3. The Balaban J connectivity index is 1.91. The zero-order chi connectivity index (χ0) is 21.1. The highest BCUT2D eigenvalue weighted by Gasteiger charge is 2.42. The number of fused-ring (bicyclic) bond motifs is 1. The average Bonchev–Trinajstić information content (AvgIpc) is 2.95. The van der Waals surface area contributed by atoms with Crippen LogP contribution in [0.1, 0.15) is 37.5 Å². The number of anilines is 1. The number of thioether (sulfide) groups is 1. The highest BCUT2D eigenvalue weighted by Crippen LogP contribution is 2.28. The summed E-state index contributed by atoms with van der Waals surface area (Å²) in [4.78, 5) is 50.7. The van der Waals surface area contributed by atoms with Crippen LogP contribution in [0.15, 0.2) is 42.5 Å². The molecule has 1 aliphatic rings. The Bertz CT molecular complexity index is 975. The van der Waals surface area contributed by atoms with Gasteiger partial charge in [0.1, 0.15) is 6.04 Å². The third-order valence-electron chi connectivity index (χ3n) is 4.51. The van der Waals surface area contributed by atoms with E-state index in [0.29, 0.717) is 5.75 Å². The third-order valence-corrected chi connectivity index (χ3v) is 5.48. The minimum Gasteiger partial charge on any atom is -0.478 e. The summed E-state index contributed by atoms with van der Waals surface area (Å²) in [6.45, 7) is 0. The van der Waals surface area contributed by atoms with E-state index in [1.54, 1.807) is 24.3 Å². The van der Waals surface area contributed by atoms with Gasteiger partial charge in [0.2, 0.25) is 5.91 Å². The fourth-order valence-corrected chi connectivity index (χ4v) is 3.69. The quantitative estimate of drug-likeness (QED) is 0.650. The van der Waals surface area contributed by atoms with Crippen molar-refractivity contribution in [1.82, 2.24) is 4.90 Å². The standard InChI is InChI=1S/C20H17ClN2O5S/c1-29-9-8-16(23-18(25)12-4-2-3-5-13(12)19(23)26)17(24)22-15-10-11(20(27)28)6-7-14(15)21/h2-7,10,16H,8-9H2,1H3,(H,22,24)(H,27,28)/t16-/m0/s1. The molecule has 0 unspecified atom stereocenters. The fourth-order valence-electron chi connectivity index (χ4n) is 3.07. The van der Waals surface area contributed by atoms with Crippen LogP contribution in [0.25, 0.3) is 0 Å². The van der Waals surface area contributed by atoms with Gasteiger partial charge in [0.05, 0.1) is 27.4 Å². The van der Waals surface area contributed by atoms with Crippen molar-refractivity contribution in [3.63, 3.8) is 0 Å². The predicted octanol–water partition coefficient (Wildman–Crippen LogP) is 3.39. The van der Waals surface area contributed by atoms with Crippen molar-refractivity contribution in [1.29, 1.82) is 0 Å². The number of carboxylic acid groups (broad SMARTS) is 1. The van der Waals surface area contributed by atoms with Gasteiger partial charge in [-0.15, -0.1) is 0 Å². The summed E-state index contributed by atoms with van der Waals surface area (Å²) in [6, 6.07) is 9.26. The molecular weight excluding hydrogens is 416 g/mol. The molecule has 29 heavy (non-hydrogen) atoms. The van der Waals surface area contributed by atoms with Crippen molar-refractivity contribution in [2.45, 2.75) is 12.5 Å². The third kappa shape index (κ3) is 4.13. The first-order valence-electron chi connectivity index (χ1n) is 8.64. The van der Waals surface area contributed by atoms with Crippen LogP contribution in [0, 0.1) is 0 Å². The molecular formula is C20H17ClN2O5S. The van der Waals surface area contributed by atoms with Gasteiger partial charge in [-0.1, -0.05) is 23.7 Å². The lowest BCUT2D eigenvalue weighted by molar-refractivity contribution is -0.120. The van der Waals surface area contributed by atoms with Crippen molar-refractivity contribution in [2.24, 2.45) is 0 Å². The molecule has 0 spiro atoms. The fraction of sp³-hybridized carbons (Fsp3) is 0.200. The summed E-state index contributed by atoms with van der Waals surface area (Å²) in [6.07, 6.45) is 2.10. The normalized spacial score (nSPS) is 13.9. The van der Waals surface area contributed by atoms with E-state index in [9.17, 15) is 19.2 Å². The first kappa shape index (κ1) is 20.9. The molecule has 150 valence electrons. The summed E-state index contributed by atoms with van der Waals surface area (Å²) in [5.74, 6) is -2.31. The van der Waals surface area contributed by atoms with Gasteiger partial charge in [-0.25, -0.2) is 4.79 Å². The van der Waals surface area contributed by atoms with Gasteiger partial charge in [-0.3, -0.25) is 19.3 Å². The first-order chi connectivity index (χ1) is 13.8. The smallest absolute Gasteiger partial charge is 0.335 e. The summed E-state index contributed by atoms with van der Waals surface area (Å²) < 4.78 is 0. The highest BCUT2D eigenvalue weighted by atomic mass is 35.5. The van der Waals surface area contributed by atoms with Crippen LogP contribution in [0.3, 0.4) is 0 Å². The number of benzene rings is 2. The topological polar surface area (TPSA) is 104 Å². The molecule has 0 aromatic heterocycles. The number of nitrogens with one attached hydrogen (secondary N) is 1. The first-order valence-corrected chi connectivity index (χ1v) is 10.4. The molecule has 1 aliphatic heterocycles. The second kappa shape index (κ2) is 8.67. The lowest BCUT2D eigenvalue weighted by Crippen LogP contribution is -2.47. The van der Waals surface area contributed by atoms with E-state index in [0.717, 1.165) is 4.90 Å². The number of rotatable bonds is 7. The number of hydrogen-bond donors (Lipinski definition) is 2. The lowest BCUT2D eigenvalue weighted by Gasteiger charge is -2.25. The van der Waals surface area contributed by atoms with Gasteiger partial charge >= 0.3 is 5.97 Å². The minimum atomic E-state index is -1.17. The van der Waals surface area contributed by atoms with Gasteiger partial charge in [0.15, 0.2) is 0 Å². The van der Waals surface area contributed by atoms with Crippen molar-refractivity contribution in [3.8, 4) is 0 Å². The van der Waals surface area contributed by atoms with Crippen LogP contribution in [0.5, 0.6) is 0 Å². The van der Waals surface area contributed by atoms with Gasteiger partial charge in [-0.2, -0.15) is 11.8 Å². The Morgan fingerprint density at radius 3 is 2.31 bits per heavy atom. The van der Waals surface area contributed by atoms with E-state index in [4.69, 9.17) is 16.7 Å². The Hall–Kier alpha value is -2.84. The number of carbonyl (C=O) groups excluding carboxylic acids is 3. The Labute approximate surface area is 176 Å². The van der Waals surface area contributed by atoms with E-state index in [-0.39, 0.29) is 33.8 Å². The molecule has 0 saturated carbocycles. The number of carbonyl (C=O) groups is 4. The lowest BCUT2D eigenvalue weighted by atomic mass is 10.1. The van der Waals surface area contributed by atoms with Crippen LogP contribution < -0.4 is 5.32 Å². The van der Waals surface area contributed by atoms with E-state index >= 15 is 0 Å². The monoisotopic (exact) mass is 432 g/mol. The van der Waals surface area contributed by atoms with E-state index < -0.39 is 29.7 Å².